The Morgan fingerprint density at radius 1 is 1.50 bits per heavy atom. The average molecular weight is 227 g/mol. The molecule has 0 aromatic heterocycles. The molecule has 16 heavy (non-hydrogen) atoms. The van der Waals surface area contributed by atoms with Gasteiger partial charge in [0.05, 0.1) is 11.5 Å². The van der Waals surface area contributed by atoms with Gasteiger partial charge in [-0.3, -0.25) is 10.1 Å². The molecule has 0 saturated carbocycles. The van der Waals surface area contributed by atoms with Crippen molar-refractivity contribution < 1.29 is 18.8 Å². The third-order valence-corrected chi connectivity index (χ3v) is 1.89. The van der Waals surface area contributed by atoms with Crippen molar-refractivity contribution in [2.75, 3.05) is 6.61 Å². The fraction of sp³-hybridized carbons (Fsp3) is 0.300. The fourth-order valence-electron chi connectivity index (χ4n) is 1.12. The third-order valence-electron chi connectivity index (χ3n) is 1.89. The van der Waals surface area contributed by atoms with Crippen LogP contribution in [0.1, 0.15) is 18.7 Å². The zero-order valence-electron chi connectivity index (χ0n) is 8.55. The van der Waals surface area contributed by atoms with Gasteiger partial charge in [-0.15, -0.1) is 0 Å². The maximum atomic E-state index is 13.4. The van der Waals surface area contributed by atoms with Crippen LogP contribution in [0.25, 0.3) is 0 Å². The van der Waals surface area contributed by atoms with E-state index in [-0.39, 0.29) is 17.9 Å². The lowest BCUT2D eigenvalue weighted by Gasteiger charge is -2.06. The predicted molar refractivity (Wildman–Crippen MR) is 53.6 cm³/mol. The molecular weight excluding hydrogens is 217 g/mol. The third kappa shape index (κ3) is 2.75. The number of rotatable bonds is 4. The molecule has 1 atom stereocenters. The van der Waals surface area contributed by atoms with Gasteiger partial charge in [0.15, 0.2) is 0 Å². The minimum absolute atomic E-state index is 0.0454. The summed E-state index contributed by atoms with van der Waals surface area (Å²) in [5.41, 5.74) is -0.108. The van der Waals surface area contributed by atoms with E-state index in [1.165, 1.54) is 12.1 Å². The summed E-state index contributed by atoms with van der Waals surface area (Å²) in [6, 6.07) is 4.67. The second kappa shape index (κ2) is 5.20. The normalized spacial score (nSPS) is 11.9. The molecule has 1 aromatic carbocycles. The molecule has 0 bridgehead atoms. The van der Waals surface area contributed by atoms with Gasteiger partial charge < -0.3 is 4.74 Å². The molecule has 0 amide bonds. The molecule has 0 saturated heterocycles. The van der Waals surface area contributed by atoms with Crippen molar-refractivity contribution in [3.05, 3.63) is 39.9 Å². The van der Waals surface area contributed by atoms with E-state index in [0.29, 0.717) is 0 Å². The highest BCUT2D eigenvalue weighted by molar-refractivity contribution is 5.76. The van der Waals surface area contributed by atoms with Gasteiger partial charge in [0.1, 0.15) is 0 Å². The molecule has 0 aliphatic heterocycles. The SMILES string of the molecule is CCOC(=O)C(F)c1ccc([N+](=O)[O-])cc1. The number of hydrogen-bond donors (Lipinski definition) is 0. The first kappa shape index (κ1) is 12.1. The van der Waals surface area contributed by atoms with Crippen molar-refractivity contribution in [2.45, 2.75) is 13.1 Å². The van der Waals surface area contributed by atoms with Gasteiger partial charge in [-0.25, -0.2) is 9.18 Å². The van der Waals surface area contributed by atoms with Gasteiger partial charge in [0.25, 0.3) is 5.69 Å². The highest BCUT2D eigenvalue weighted by atomic mass is 19.1. The van der Waals surface area contributed by atoms with Crippen LogP contribution >= 0.6 is 0 Å². The number of nitro groups is 1. The van der Waals surface area contributed by atoms with Gasteiger partial charge in [-0.05, 0) is 24.6 Å². The number of benzene rings is 1. The topological polar surface area (TPSA) is 69.4 Å². The van der Waals surface area contributed by atoms with Crippen LogP contribution in [0.4, 0.5) is 10.1 Å². The molecule has 0 spiro atoms. The maximum absolute atomic E-state index is 13.4. The summed E-state index contributed by atoms with van der Waals surface area (Å²) in [7, 11) is 0. The second-order valence-electron chi connectivity index (χ2n) is 2.96. The number of esters is 1. The Morgan fingerprint density at radius 2 is 2.06 bits per heavy atom. The first-order valence-electron chi connectivity index (χ1n) is 4.61. The molecule has 5 nitrogen and oxygen atoms in total. The lowest BCUT2D eigenvalue weighted by Crippen LogP contribution is -2.11. The number of nitrogens with zero attached hydrogens (tertiary/aromatic N) is 1. The minimum Gasteiger partial charge on any atom is -0.464 e. The average Bonchev–Trinajstić information content (AvgIpc) is 2.28. The predicted octanol–water partition coefficient (Wildman–Crippen LogP) is 2.17. The van der Waals surface area contributed by atoms with Crippen LogP contribution in [-0.2, 0) is 9.53 Å². The number of carbonyl (C=O) groups is 1. The number of halogens is 1. The molecule has 1 aromatic rings. The van der Waals surface area contributed by atoms with Crippen LogP contribution in [0.15, 0.2) is 24.3 Å². The molecule has 0 fully saturated rings. The number of alkyl halides is 1. The lowest BCUT2D eigenvalue weighted by molar-refractivity contribution is -0.384. The van der Waals surface area contributed by atoms with E-state index < -0.39 is 17.1 Å². The van der Waals surface area contributed by atoms with E-state index >= 15 is 0 Å². The van der Waals surface area contributed by atoms with Crippen LogP contribution in [0.3, 0.4) is 0 Å². The Morgan fingerprint density at radius 3 is 2.50 bits per heavy atom. The van der Waals surface area contributed by atoms with E-state index in [9.17, 15) is 19.3 Å². The molecule has 1 rings (SSSR count). The molecule has 0 aliphatic rings. The molecule has 0 heterocycles. The highest BCUT2D eigenvalue weighted by Gasteiger charge is 2.21. The van der Waals surface area contributed by atoms with E-state index in [2.05, 4.69) is 4.74 Å². The van der Waals surface area contributed by atoms with Gasteiger partial charge >= 0.3 is 5.97 Å². The summed E-state index contributed by atoms with van der Waals surface area (Å²) in [6.45, 7) is 1.66. The zero-order valence-corrected chi connectivity index (χ0v) is 8.55. The number of ether oxygens (including phenoxy) is 1. The van der Waals surface area contributed by atoms with Crippen LogP contribution < -0.4 is 0 Å². The van der Waals surface area contributed by atoms with Crippen molar-refractivity contribution in [1.29, 1.82) is 0 Å². The molecule has 1 unspecified atom stereocenters. The van der Waals surface area contributed by atoms with Crippen molar-refractivity contribution >= 4 is 11.7 Å². The van der Waals surface area contributed by atoms with Crippen molar-refractivity contribution in [3.63, 3.8) is 0 Å². The largest absolute Gasteiger partial charge is 0.464 e. The van der Waals surface area contributed by atoms with E-state index in [1.807, 2.05) is 0 Å². The molecular formula is C10H10FNO4. The molecule has 86 valence electrons. The quantitative estimate of drug-likeness (QED) is 0.449. The lowest BCUT2D eigenvalue weighted by atomic mass is 10.1. The second-order valence-corrected chi connectivity index (χ2v) is 2.96. The standard InChI is InChI=1S/C10H10FNO4/c1-2-16-10(13)9(11)7-3-5-8(6-4-7)12(14)15/h3-6,9H,2H2,1H3. The van der Waals surface area contributed by atoms with Crippen LogP contribution in [0.5, 0.6) is 0 Å². The molecule has 6 heteroatoms. The smallest absolute Gasteiger partial charge is 0.345 e. The summed E-state index contributed by atoms with van der Waals surface area (Å²) in [6.07, 6.45) is -1.90. The van der Waals surface area contributed by atoms with Gasteiger partial charge in [0, 0.05) is 12.1 Å². The van der Waals surface area contributed by atoms with Gasteiger partial charge in [-0.1, -0.05) is 0 Å². The van der Waals surface area contributed by atoms with Gasteiger partial charge in [0.2, 0.25) is 6.17 Å². The van der Waals surface area contributed by atoms with Gasteiger partial charge in [-0.2, -0.15) is 0 Å². The van der Waals surface area contributed by atoms with Crippen molar-refractivity contribution in [3.8, 4) is 0 Å². The summed E-state index contributed by atoms with van der Waals surface area (Å²) >= 11 is 0. The Bertz CT molecular complexity index is 390. The van der Waals surface area contributed by atoms with Crippen LogP contribution in [-0.4, -0.2) is 17.5 Å². The number of nitro benzene ring substituents is 1. The Balaban J connectivity index is 2.81. The number of hydrogen-bond acceptors (Lipinski definition) is 4. The Kier molecular flexibility index (Phi) is 3.93. The Hall–Kier alpha value is -1.98. The monoisotopic (exact) mass is 227 g/mol. The summed E-state index contributed by atoms with van der Waals surface area (Å²) in [5.74, 6) is -0.989. The number of carbonyl (C=O) groups excluding carboxylic acids is 1. The fourth-order valence-corrected chi connectivity index (χ4v) is 1.12. The summed E-state index contributed by atoms with van der Waals surface area (Å²) < 4.78 is 17.9. The van der Waals surface area contributed by atoms with E-state index in [0.717, 1.165) is 12.1 Å². The minimum atomic E-state index is -1.90. The summed E-state index contributed by atoms with van der Waals surface area (Å²) in [5, 5.41) is 10.3. The van der Waals surface area contributed by atoms with Crippen LogP contribution in [0.2, 0.25) is 0 Å². The Labute approximate surface area is 91.0 Å². The molecule has 0 radical (unpaired) electrons. The van der Waals surface area contributed by atoms with Crippen LogP contribution in [0, 0.1) is 10.1 Å². The first-order valence-corrected chi connectivity index (χ1v) is 4.61. The highest BCUT2D eigenvalue weighted by Crippen LogP contribution is 2.21. The van der Waals surface area contributed by atoms with E-state index in [4.69, 9.17) is 0 Å². The maximum Gasteiger partial charge on any atom is 0.345 e. The summed E-state index contributed by atoms with van der Waals surface area (Å²) in [4.78, 5) is 20.8. The molecule has 0 aliphatic carbocycles. The first-order chi connectivity index (χ1) is 7.56. The zero-order chi connectivity index (χ0) is 12.1. The van der Waals surface area contributed by atoms with Crippen molar-refractivity contribution in [1.82, 2.24) is 0 Å². The van der Waals surface area contributed by atoms with Crippen molar-refractivity contribution in [2.24, 2.45) is 0 Å². The molecule has 0 N–H and O–H groups in total. The number of non-ortho nitro benzene ring substituents is 1. The van der Waals surface area contributed by atoms with E-state index in [1.54, 1.807) is 6.92 Å².